The Labute approximate surface area is 80.9 Å². The third-order valence-corrected chi connectivity index (χ3v) is 3.14. The van der Waals surface area contributed by atoms with E-state index < -0.39 is 0 Å². The van der Waals surface area contributed by atoms with Crippen molar-refractivity contribution in [2.45, 2.75) is 39.0 Å². The van der Waals surface area contributed by atoms with Crippen LogP contribution in [0.15, 0.2) is 0 Å². The zero-order chi connectivity index (χ0) is 8.36. The summed E-state index contributed by atoms with van der Waals surface area (Å²) in [5.74, 6) is 3.76. The Morgan fingerprint density at radius 3 is 2.36 bits per heavy atom. The summed E-state index contributed by atoms with van der Waals surface area (Å²) in [6.45, 7) is 2.24. The second kappa shape index (κ2) is 10.7. The van der Waals surface area contributed by atoms with Gasteiger partial charge in [-0.1, -0.05) is 19.8 Å². The molecule has 0 rings (SSSR count). The molecule has 0 saturated carbocycles. The molecule has 0 amide bonds. The number of unbranched alkanes of at least 4 members (excludes halogenated alkanes) is 3. The number of rotatable bonds is 8. The zero-order valence-electron chi connectivity index (χ0n) is 7.51. The van der Waals surface area contributed by atoms with Gasteiger partial charge < -0.3 is 0 Å². The predicted molar refractivity (Wildman–Crippen MR) is 59.9 cm³/mol. The monoisotopic (exact) mass is 192 g/mol. The summed E-state index contributed by atoms with van der Waals surface area (Å²) < 4.78 is 0. The van der Waals surface area contributed by atoms with E-state index in [4.69, 9.17) is 0 Å². The maximum absolute atomic E-state index is 4.17. The van der Waals surface area contributed by atoms with E-state index in [1.807, 2.05) is 0 Å². The van der Waals surface area contributed by atoms with E-state index in [1.165, 1.54) is 43.6 Å². The van der Waals surface area contributed by atoms with E-state index in [1.54, 1.807) is 0 Å². The van der Waals surface area contributed by atoms with Crippen LogP contribution in [-0.4, -0.2) is 17.3 Å². The molecule has 0 bridgehead atoms. The predicted octanol–water partition coefficient (Wildman–Crippen LogP) is 3.62. The highest BCUT2D eigenvalue weighted by molar-refractivity contribution is 7.99. The molecule has 0 unspecified atom stereocenters. The highest BCUT2D eigenvalue weighted by atomic mass is 32.2. The molecule has 0 heterocycles. The molecule has 0 aliphatic carbocycles. The van der Waals surface area contributed by atoms with Gasteiger partial charge in [-0.05, 0) is 36.5 Å². The Morgan fingerprint density at radius 2 is 1.73 bits per heavy atom. The molecule has 0 fully saturated rings. The van der Waals surface area contributed by atoms with Crippen molar-refractivity contribution in [2.75, 3.05) is 17.3 Å². The first-order valence-corrected chi connectivity index (χ1v) is 6.39. The molecule has 0 aliphatic heterocycles. The molecule has 11 heavy (non-hydrogen) atoms. The number of hydrogen-bond donors (Lipinski definition) is 1. The SMILES string of the molecule is CCCSCCCCCCS. The minimum Gasteiger partial charge on any atom is -0.179 e. The van der Waals surface area contributed by atoms with Crippen LogP contribution in [-0.2, 0) is 0 Å². The molecular formula is C9H20S2. The smallest absolute Gasteiger partial charge is 0.00675 e. The molecule has 0 N–H and O–H groups in total. The lowest BCUT2D eigenvalue weighted by molar-refractivity contribution is 0.712. The first-order chi connectivity index (χ1) is 5.41. The fraction of sp³-hybridized carbons (Fsp3) is 1.00. The van der Waals surface area contributed by atoms with E-state index in [0.717, 1.165) is 5.75 Å². The lowest BCUT2D eigenvalue weighted by Crippen LogP contribution is -1.84. The molecule has 0 aliphatic rings. The molecular weight excluding hydrogens is 172 g/mol. The second-order valence-corrected chi connectivity index (χ2v) is 4.42. The normalized spacial score (nSPS) is 10.4. The Balaban J connectivity index is 2.69. The van der Waals surface area contributed by atoms with Gasteiger partial charge in [0.15, 0.2) is 0 Å². The molecule has 2 heteroatoms. The maximum Gasteiger partial charge on any atom is -0.00675 e. The molecule has 0 radical (unpaired) electrons. The van der Waals surface area contributed by atoms with E-state index in [9.17, 15) is 0 Å². The van der Waals surface area contributed by atoms with Gasteiger partial charge in [-0.3, -0.25) is 0 Å². The fourth-order valence-electron chi connectivity index (χ4n) is 0.916. The molecule has 0 aromatic rings. The summed E-state index contributed by atoms with van der Waals surface area (Å²) in [4.78, 5) is 0. The van der Waals surface area contributed by atoms with Crippen LogP contribution >= 0.6 is 24.4 Å². The molecule has 0 aromatic carbocycles. The molecule has 0 saturated heterocycles. The van der Waals surface area contributed by atoms with Crippen molar-refractivity contribution in [2.24, 2.45) is 0 Å². The van der Waals surface area contributed by atoms with Crippen molar-refractivity contribution in [1.29, 1.82) is 0 Å². The van der Waals surface area contributed by atoms with Gasteiger partial charge in [0.25, 0.3) is 0 Å². The Kier molecular flexibility index (Phi) is 11.4. The summed E-state index contributed by atoms with van der Waals surface area (Å²) in [6, 6.07) is 0. The van der Waals surface area contributed by atoms with Gasteiger partial charge in [0, 0.05) is 0 Å². The summed E-state index contributed by atoms with van der Waals surface area (Å²) in [6.07, 6.45) is 6.79. The molecule has 0 spiro atoms. The topological polar surface area (TPSA) is 0 Å². The van der Waals surface area contributed by atoms with Crippen molar-refractivity contribution in [3.05, 3.63) is 0 Å². The minimum atomic E-state index is 1.06. The minimum absolute atomic E-state index is 1.06. The standard InChI is InChI=1S/C9H20S2/c1-2-8-11-9-6-4-3-5-7-10/h10H,2-9H2,1H3. The fourth-order valence-corrected chi connectivity index (χ4v) is 2.04. The molecule has 0 atom stereocenters. The van der Waals surface area contributed by atoms with Gasteiger partial charge in [0.05, 0.1) is 0 Å². The summed E-state index contributed by atoms with van der Waals surface area (Å²) >= 11 is 6.27. The summed E-state index contributed by atoms with van der Waals surface area (Å²) in [5, 5.41) is 0. The summed E-state index contributed by atoms with van der Waals surface area (Å²) in [7, 11) is 0. The van der Waals surface area contributed by atoms with Crippen molar-refractivity contribution >= 4 is 24.4 Å². The van der Waals surface area contributed by atoms with E-state index in [-0.39, 0.29) is 0 Å². The average molecular weight is 192 g/mol. The van der Waals surface area contributed by atoms with Crippen LogP contribution < -0.4 is 0 Å². The first kappa shape index (κ1) is 11.7. The van der Waals surface area contributed by atoms with Crippen LogP contribution in [0.1, 0.15) is 39.0 Å². The van der Waals surface area contributed by atoms with Crippen molar-refractivity contribution in [3.63, 3.8) is 0 Å². The van der Waals surface area contributed by atoms with Crippen LogP contribution in [0.5, 0.6) is 0 Å². The first-order valence-electron chi connectivity index (χ1n) is 4.60. The Bertz CT molecular complexity index is 56.6. The van der Waals surface area contributed by atoms with Crippen LogP contribution in [0.25, 0.3) is 0 Å². The van der Waals surface area contributed by atoms with Crippen molar-refractivity contribution in [1.82, 2.24) is 0 Å². The van der Waals surface area contributed by atoms with Gasteiger partial charge in [0.2, 0.25) is 0 Å². The van der Waals surface area contributed by atoms with Gasteiger partial charge in [-0.25, -0.2) is 0 Å². The number of hydrogen-bond acceptors (Lipinski definition) is 2. The second-order valence-electron chi connectivity index (χ2n) is 2.75. The Morgan fingerprint density at radius 1 is 1.00 bits per heavy atom. The Hall–Kier alpha value is 0.700. The van der Waals surface area contributed by atoms with Crippen molar-refractivity contribution < 1.29 is 0 Å². The van der Waals surface area contributed by atoms with Crippen LogP contribution in [0.2, 0.25) is 0 Å². The zero-order valence-corrected chi connectivity index (χ0v) is 9.22. The van der Waals surface area contributed by atoms with Crippen LogP contribution in [0.4, 0.5) is 0 Å². The third-order valence-electron chi connectivity index (χ3n) is 1.55. The van der Waals surface area contributed by atoms with Gasteiger partial charge in [-0.2, -0.15) is 24.4 Å². The largest absolute Gasteiger partial charge is 0.179 e. The van der Waals surface area contributed by atoms with E-state index in [2.05, 4.69) is 31.3 Å². The van der Waals surface area contributed by atoms with Crippen LogP contribution in [0, 0.1) is 0 Å². The molecule has 68 valence electrons. The molecule has 0 nitrogen and oxygen atoms in total. The lowest BCUT2D eigenvalue weighted by Gasteiger charge is -1.98. The number of thioether (sulfide) groups is 1. The van der Waals surface area contributed by atoms with E-state index >= 15 is 0 Å². The van der Waals surface area contributed by atoms with Gasteiger partial charge in [0.1, 0.15) is 0 Å². The van der Waals surface area contributed by atoms with Gasteiger partial charge in [-0.15, -0.1) is 0 Å². The number of thiol groups is 1. The maximum atomic E-state index is 4.17. The van der Waals surface area contributed by atoms with E-state index in [0.29, 0.717) is 0 Å². The van der Waals surface area contributed by atoms with Crippen molar-refractivity contribution in [3.8, 4) is 0 Å². The summed E-state index contributed by atoms with van der Waals surface area (Å²) in [5.41, 5.74) is 0. The quantitative estimate of drug-likeness (QED) is 0.453. The highest BCUT2D eigenvalue weighted by Crippen LogP contribution is 2.08. The van der Waals surface area contributed by atoms with Crippen LogP contribution in [0.3, 0.4) is 0 Å². The lowest BCUT2D eigenvalue weighted by atomic mass is 10.2. The molecule has 0 aromatic heterocycles. The highest BCUT2D eigenvalue weighted by Gasteiger charge is 1.89. The van der Waals surface area contributed by atoms with Gasteiger partial charge >= 0.3 is 0 Å². The average Bonchev–Trinajstić information content (AvgIpc) is 2.03. The third kappa shape index (κ3) is 10.7.